The number of piperazine rings is 1. The van der Waals surface area contributed by atoms with E-state index in [0.29, 0.717) is 34.3 Å². The topological polar surface area (TPSA) is 86.8 Å². The molecule has 2 heterocycles. The Morgan fingerprint density at radius 3 is 2.36 bits per heavy atom. The normalized spacial score (nSPS) is 16.7. The lowest BCUT2D eigenvalue weighted by Crippen LogP contribution is -2.44. The van der Waals surface area contributed by atoms with Crippen LogP contribution in [0.4, 0.5) is 11.4 Å². The summed E-state index contributed by atoms with van der Waals surface area (Å²) in [6.45, 7) is 4.16. The Morgan fingerprint density at radius 2 is 1.67 bits per heavy atom. The van der Waals surface area contributed by atoms with Gasteiger partial charge >= 0.3 is 0 Å². The van der Waals surface area contributed by atoms with Crippen molar-refractivity contribution >= 4 is 44.8 Å². The van der Waals surface area contributed by atoms with Crippen molar-refractivity contribution in [2.75, 3.05) is 74.6 Å². The van der Waals surface area contributed by atoms with Crippen LogP contribution in [0.25, 0.3) is 11.1 Å². The minimum Gasteiger partial charge on any atom is -0.477 e. The van der Waals surface area contributed by atoms with Crippen molar-refractivity contribution < 1.29 is 14.3 Å². The molecule has 10 heteroatoms. The zero-order chi connectivity index (χ0) is 32.0. The van der Waals surface area contributed by atoms with Gasteiger partial charge in [-0.3, -0.25) is 9.59 Å². The largest absolute Gasteiger partial charge is 0.477 e. The lowest BCUT2D eigenvalue weighted by molar-refractivity contribution is 0.0927. The third-order valence-electron chi connectivity index (χ3n) is 8.51. The summed E-state index contributed by atoms with van der Waals surface area (Å²) < 4.78 is 5.81. The fourth-order valence-electron chi connectivity index (χ4n) is 5.72. The number of pyridine rings is 1. The first kappa shape index (κ1) is 33.1. The average Bonchev–Trinajstić information content (AvgIpc) is 3.02. The summed E-state index contributed by atoms with van der Waals surface area (Å²) in [4.78, 5) is 35.6. The number of carbonyl (C=O) groups is 2. The maximum atomic E-state index is 13.5. The van der Waals surface area contributed by atoms with Crippen LogP contribution in [0.15, 0.2) is 54.7 Å². The molecular formula is C35H46ClN5O3S. The first-order valence-corrected chi connectivity index (χ1v) is 19.2. The minimum atomic E-state index is -0.658. The summed E-state index contributed by atoms with van der Waals surface area (Å²) in [6, 6.07) is 15.1. The van der Waals surface area contributed by atoms with Crippen molar-refractivity contribution in [1.29, 1.82) is 0 Å². The minimum absolute atomic E-state index is 0.0815. The van der Waals surface area contributed by atoms with Gasteiger partial charge in [-0.2, -0.15) is 0 Å². The number of nitrogens with zero attached hydrogens (tertiary/aromatic N) is 3. The van der Waals surface area contributed by atoms with Crippen LogP contribution in [-0.2, 0) is 0 Å². The van der Waals surface area contributed by atoms with Gasteiger partial charge in [-0.05, 0) is 80.6 Å². The van der Waals surface area contributed by atoms with Gasteiger partial charge in [-0.15, -0.1) is 0 Å². The van der Waals surface area contributed by atoms with E-state index in [9.17, 15) is 9.59 Å². The Bertz CT molecular complexity index is 1480. The van der Waals surface area contributed by atoms with Gasteiger partial charge < -0.3 is 25.2 Å². The van der Waals surface area contributed by atoms with Crippen LogP contribution in [0.2, 0.25) is 5.02 Å². The van der Waals surface area contributed by atoms with Gasteiger partial charge in [0, 0.05) is 66.4 Å². The molecule has 2 aromatic carbocycles. The summed E-state index contributed by atoms with van der Waals surface area (Å²) in [7, 11) is 1.46. The van der Waals surface area contributed by atoms with Crippen molar-refractivity contribution in [3.63, 3.8) is 0 Å². The monoisotopic (exact) mass is 651 g/mol. The number of amides is 2. The van der Waals surface area contributed by atoms with Crippen LogP contribution >= 0.6 is 21.6 Å². The van der Waals surface area contributed by atoms with Crippen LogP contribution < -0.4 is 20.3 Å². The molecule has 242 valence electrons. The molecule has 3 aromatic rings. The second kappa shape index (κ2) is 14.9. The summed E-state index contributed by atoms with van der Waals surface area (Å²) in [5, 5.41) is 6.89. The molecule has 0 atom stereocenters. The van der Waals surface area contributed by atoms with Crippen LogP contribution in [-0.4, -0.2) is 92.1 Å². The number of anilines is 2. The summed E-state index contributed by atoms with van der Waals surface area (Å²) in [5.74, 6) is 1.16. The molecule has 45 heavy (non-hydrogen) atoms. The quantitative estimate of drug-likeness (QED) is 0.259. The number of aromatic nitrogens is 1. The molecule has 2 N–H and O–H groups in total. The molecule has 2 fully saturated rings. The number of rotatable bonds is 10. The number of hydrogen-bond acceptors (Lipinski definition) is 6. The van der Waals surface area contributed by atoms with Gasteiger partial charge in [0.15, 0.2) is 0 Å². The van der Waals surface area contributed by atoms with E-state index >= 15 is 0 Å². The highest BCUT2D eigenvalue weighted by Crippen LogP contribution is 2.36. The molecule has 0 spiro atoms. The molecular weight excluding hydrogens is 606 g/mol. The molecule has 1 aliphatic carbocycles. The summed E-state index contributed by atoms with van der Waals surface area (Å²) in [6.07, 6.45) is 13.9. The molecule has 5 rings (SSSR count). The Labute approximate surface area is 274 Å². The van der Waals surface area contributed by atoms with Crippen molar-refractivity contribution in [3.05, 3.63) is 70.9 Å². The highest BCUT2D eigenvalue weighted by molar-refractivity contribution is 8.32. The van der Waals surface area contributed by atoms with Gasteiger partial charge in [-0.25, -0.2) is 15.0 Å². The van der Waals surface area contributed by atoms with E-state index in [1.807, 2.05) is 24.3 Å². The molecule has 0 radical (unpaired) electrons. The van der Waals surface area contributed by atoms with E-state index < -0.39 is 10.0 Å². The standard InChI is InChI=1S/C35H46ClN5O3S/c1-40-16-18-41(19-17-40)32-14-11-25(29-22-26(10-13-30(29)36)34(42)38-28-8-6-5-7-9-28)23-31(32)39-35(43)27-12-15-33(37-24-27)44-20-21-45(2,3)4/h10-15,22-24,28H,5-9,16-21H2,1-4H3,(H,38,42)(H,39,43). The predicted molar refractivity (Wildman–Crippen MR) is 189 cm³/mol. The van der Waals surface area contributed by atoms with Crippen molar-refractivity contribution in [1.82, 2.24) is 15.2 Å². The molecule has 0 unspecified atom stereocenters. The second-order valence-electron chi connectivity index (χ2n) is 13.0. The average molecular weight is 652 g/mol. The maximum absolute atomic E-state index is 13.5. The fraction of sp³-hybridized carbons (Fsp3) is 0.457. The number of carbonyl (C=O) groups excluding carboxylic acids is 2. The molecule has 1 aromatic heterocycles. The third kappa shape index (κ3) is 9.15. The summed E-state index contributed by atoms with van der Waals surface area (Å²) in [5.41, 5.74) is 4.21. The van der Waals surface area contributed by atoms with Gasteiger partial charge in [0.05, 0.1) is 23.5 Å². The van der Waals surface area contributed by atoms with E-state index in [2.05, 4.69) is 51.2 Å². The SMILES string of the molecule is CN1CCN(c2ccc(-c3cc(C(=O)NC4CCCCC4)ccc3Cl)cc2NC(=O)c2ccc(OCCS(C)(C)C)nc2)CC1. The van der Waals surface area contributed by atoms with Crippen molar-refractivity contribution in [3.8, 4) is 17.0 Å². The number of hydrogen-bond donors (Lipinski definition) is 2. The van der Waals surface area contributed by atoms with Gasteiger partial charge in [-0.1, -0.05) is 36.9 Å². The Balaban J connectivity index is 1.38. The lowest BCUT2D eigenvalue weighted by Gasteiger charge is -2.35. The third-order valence-corrected chi connectivity index (χ3v) is 10.2. The smallest absolute Gasteiger partial charge is 0.257 e. The lowest BCUT2D eigenvalue weighted by atomic mass is 9.95. The highest BCUT2D eigenvalue weighted by Gasteiger charge is 2.21. The van der Waals surface area contributed by atoms with E-state index in [1.54, 1.807) is 30.5 Å². The molecule has 1 saturated carbocycles. The van der Waals surface area contributed by atoms with Crippen LogP contribution in [0.1, 0.15) is 52.8 Å². The zero-order valence-corrected chi connectivity index (χ0v) is 28.5. The number of benzene rings is 2. The molecule has 1 saturated heterocycles. The highest BCUT2D eigenvalue weighted by atomic mass is 35.5. The molecule has 2 aliphatic rings. The number of halogens is 1. The molecule has 0 bridgehead atoms. The van der Waals surface area contributed by atoms with E-state index in [1.165, 1.54) is 6.42 Å². The summed E-state index contributed by atoms with van der Waals surface area (Å²) >= 11 is 6.71. The van der Waals surface area contributed by atoms with Crippen molar-refractivity contribution in [2.45, 2.75) is 38.1 Å². The second-order valence-corrected chi connectivity index (χ2v) is 18.0. The van der Waals surface area contributed by atoms with E-state index in [4.69, 9.17) is 16.3 Å². The molecule has 2 amide bonds. The fourth-order valence-corrected chi connectivity index (χ4v) is 6.53. The number of nitrogens with one attached hydrogen (secondary N) is 2. The Kier molecular flexibility index (Phi) is 10.9. The number of likely N-dealkylation sites (N-methyl/N-ethyl adjacent to an activating group) is 1. The van der Waals surface area contributed by atoms with Crippen LogP contribution in [0.5, 0.6) is 5.88 Å². The first-order valence-electron chi connectivity index (χ1n) is 15.8. The maximum Gasteiger partial charge on any atom is 0.257 e. The van der Waals surface area contributed by atoms with Crippen LogP contribution in [0, 0.1) is 0 Å². The number of ether oxygens (including phenoxy) is 1. The predicted octanol–water partition coefficient (Wildman–Crippen LogP) is 6.54. The van der Waals surface area contributed by atoms with Crippen molar-refractivity contribution in [2.24, 2.45) is 0 Å². The van der Waals surface area contributed by atoms with Gasteiger partial charge in [0.25, 0.3) is 11.8 Å². The molecule has 8 nitrogen and oxygen atoms in total. The first-order chi connectivity index (χ1) is 21.6. The Hall–Kier alpha value is -3.27. The van der Waals surface area contributed by atoms with E-state index in [-0.39, 0.29) is 17.9 Å². The van der Waals surface area contributed by atoms with Gasteiger partial charge in [0.1, 0.15) is 0 Å². The van der Waals surface area contributed by atoms with Gasteiger partial charge in [0.2, 0.25) is 5.88 Å². The zero-order valence-electron chi connectivity index (χ0n) is 26.9. The van der Waals surface area contributed by atoms with E-state index in [0.717, 1.165) is 74.4 Å². The molecule has 1 aliphatic heterocycles. The Morgan fingerprint density at radius 1 is 0.933 bits per heavy atom. The van der Waals surface area contributed by atoms with Crippen LogP contribution in [0.3, 0.4) is 0 Å².